The number of likely N-dealkylation sites (N-methyl/N-ethyl adjacent to an activating group) is 1. The van der Waals surface area contributed by atoms with Crippen molar-refractivity contribution < 1.29 is 22.7 Å². The van der Waals surface area contributed by atoms with E-state index in [4.69, 9.17) is 9.47 Å². The summed E-state index contributed by atoms with van der Waals surface area (Å²) in [5, 5.41) is 2.91. The molecule has 0 fully saturated rings. The maximum absolute atomic E-state index is 12.9. The van der Waals surface area contributed by atoms with Gasteiger partial charge in [-0.2, -0.15) is 0 Å². The highest BCUT2D eigenvalue weighted by atomic mass is 32.2. The Morgan fingerprint density at radius 2 is 1.69 bits per heavy atom. The van der Waals surface area contributed by atoms with Crippen LogP contribution < -0.4 is 19.5 Å². The minimum atomic E-state index is -3.88. The first kappa shape index (κ1) is 26.1. The minimum absolute atomic E-state index is 0.00371. The number of rotatable bonds is 11. The average Bonchev–Trinajstić information content (AvgIpc) is 2.85. The topological polar surface area (TPSA) is 97.0 Å². The van der Waals surface area contributed by atoms with Crippen LogP contribution in [0.5, 0.6) is 11.5 Å². The van der Waals surface area contributed by atoms with E-state index >= 15 is 0 Å². The fraction of sp³-hybridized carbons (Fsp3) is 0.269. The van der Waals surface area contributed by atoms with Gasteiger partial charge in [-0.1, -0.05) is 18.2 Å². The van der Waals surface area contributed by atoms with Crippen LogP contribution in [0, 0.1) is 0 Å². The van der Waals surface area contributed by atoms with Crippen LogP contribution >= 0.6 is 0 Å². The normalized spacial score (nSPS) is 12.1. The molecule has 0 aliphatic heterocycles. The summed E-state index contributed by atoms with van der Waals surface area (Å²) in [6, 6.07) is 20.1. The van der Waals surface area contributed by atoms with Crippen LogP contribution in [-0.2, 0) is 10.0 Å². The number of methoxy groups -OCH3 is 1. The molecule has 9 heteroatoms. The molecule has 0 radical (unpaired) electrons. The summed E-state index contributed by atoms with van der Waals surface area (Å²) in [7, 11) is 1.58. The van der Waals surface area contributed by atoms with Gasteiger partial charge in [-0.05, 0) is 81.2 Å². The molecule has 1 unspecified atom stereocenters. The SMILES string of the molecule is CCOc1ccc(NS(=O)(=O)c2cccc(C(=O)NCC(c3cccc(OC)c3)N(C)C)c2)cc1. The van der Waals surface area contributed by atoms with Gasteiger partial charge in [-0.15, -0.1) is 0 Å². The van der Waals surface area contributed by atoms with E-state index in [-0.39, 0.29) is 22.4 Å². The van der Waals surface area contributed by atoms with Gasteiger partial charge in [0, 0.05) is 17.8 Å². The molecule has 0 saturated heterocycles. The van der Waals surface area contributed by atoms with Gasteiger partial charge in [-0.25, -0.2) is 8.42 Å². The lowest BCUT2D eigenvalue weighted by Crippen LogP contribution is -2.34. The van der Waals surface area contributed by atoms with E-state index in [1.807, 2.05) is 50.2 Å². The molecular weight excluding hydrogens is 466 g/mol. The van der Waals surface area contributed by atoms with E-state index in [9.17, 15) is 13.2 Å². The number of hydrogen-bond donors (Lipinski definition) is 2. The molecule has 3 rings (SSSR count). The Balaban J connectivity index is 1.71. The predicted molar refractivity (Wildman–Crippen MR) is 137 cm³/mol. The van der Waals surface area contributed by atoms with Gasteiger partial charge in [0.05, 0.1) is 24.7 Å². The number of carbonyl (C=O) groups excluding carboxylic acids is 1. The molecule has 0 saturated carbocycles. The first-order valence-corrected chi connectivity index (χ1v) is 12.7. The predicted octanol–water partition coefficient (Wildman–Crippen LogP) is 3.93. The minimum Gasteiger partial charge on any atom is -0.497 e. The molecule has 3 aromatic carbocycles. The lowest BCUT2D eigenvalue weighted by atomic mass is 10.1. The number of ether oxygens (including phenoxy) is 2. The van der Waals surface area contributed by atoms with Crippen molar-refractivity contribution in [2.24, 2.45) is 0 Å². The molecule has 0 aliphatic rings. The number of carbonyl (C=O) groups is 1. The molecule has 2 N–H and O–H groups in total. The molecule has 1 amide bonds. The zero-order valence-electron chi connectivity index (χ0n) is 20.3. The highest BCUT2D eigenvalue weighted by Gasteiger charge is 2.19. The Morgan fingerprint density at radius 3 is 2.34 bits per heavy atom. The van der Waals surface area contributed by atoms with E-state index < -0.39 is 10.0 Å². The molecule has 0 aliphatic carbocycles. The second-order valence-corrected chi connectivity index (χ2v) is 9.74. The van der Waals surface area contributed by atoms with Crippen molar-refractivity contribution in [3.8, 4) is 11.5 Å². The van der Waals surface area contributed by atoms with Crippen molar-refractivity contribution >= 4 is 21.6 Å². The van der Waals surface area contributed by atoms with Crippen molar-refractivity contribution in [2.45, 2.75) is 17.9 Å². The van der Waals surface area contributed by atoms with E-state index in [2.05, 4.69) is 10.0 Å². The van der Waals surface area contributed by atoms with Crippen molar-refractivity contribution in [2.75, 3.05) is 39.1 Å². The van der Waals surface area contributed by atoms with Crippen LogP contribution in [0.2, 0.25) is 0 Å². The van der Waals surface area contributed by atoms with Gasteiger partial charge in [0.2, 0.25) is 0 Å². The highest BCUT2D eigenvalue weighted by Crippen LogP contribution is 2.23. The Kier molecular flexibility index (Phi) is 8.73. The third kappa shape index (κ3) is 6.97. The summed E-state index contributed by atoms with van der Waals surface area (Å²) in [6.07, 6.45) is 0. The Morgan fingerprint density at radius 1 is 0.971 bits per heavy atom. The van der Waals surface area contributed by atoms with Gasteiger partial charge in [0.1, 0.15) is 11.5 Å². The zero-order chi connectivity index (χ0) is 25.4. The van der Waals surface area contributed by atoms with Gasteiger partial charge in [0.15, 0.2) is 0 Å². The average molecular weight is 498 g/mol. The summed E-state index contributed by atoms with van der Waals surface area (Å²) in [5.74, 6) is 1.02. The molecule has 0 aromatic heterocycles. The first-order valence-electron chi connectivity index (χ1n) is 11.2. The van der Waals surface area contributed by atoms with Gasteiger partial charge < -0.3 is 19.7 Å². The summed E-state index contributed by atoms with van der Waals surface area (Å²) < 4.78 is 39.0. The Labute approximate surface area is 206 Å². The Hall–Kier alpha value is -3.56. The van der Waals surface area contributed by atoms with Crippen LogP contribution in [-0.4, -0.2) is 53.6 Å². The molecule has 186 valence electrons. The van der Waals surface area contributed by atoms with Gasteiger partial charge in [0.25, 0.3) is 15.9 Å². The maximum atomic E-state index is 12.9. The number of anilines is 1. The van der Waals surface area contributed by atoms with E-state index in [1.54, 1.807) is 43.5 Å². The largest absolute Gasteiger partial charge is 0.497 e. The van der Waals surface area contributed by atoms with Crippen LogP contribution in [0.1, 0.15) is 28.9 Å². The number of nitrogens with one attached hydrogen (secondary N) is 2. The van der Waals surface area contributed by atoms with Crippen molar-refractivity contribution in [3.05, 3.63) is 83.9 Å². The monoisotopic (exact) mass is 497 g/mol. The standard InChI is InChI=1S/C26H31N3O5S/c1-5-34-22-14-12-21(13-15-22)28-35(31,32)24-11-7-9-20(17-24)26(30)27-18-25(29(2)3)19-8-6-10-23(16-19)33-4/h6-17,25,28H,5,18H2,1-4H3,(H,27,30). The smallest absolute Gasteiger partial charge is 0.261 e. The molecule has 0 bridgehead atoms. The molecule has 3 aromatic rings. The number of benzene rings is 3. The van der Waals surface area contributed by atoms with Crippen molar-refractivity contribution in [3.63, 3.8) is 0 Å². The molecule has 1 atom stereocenters. The van der Waals surface area contributed by atoms with Crippen LogP contribution in [0.3, 0.4) is 0 Å². The molecule has 8 nitrogen and oxygen atoms in total. The molecular formula is C26H31N3O5S. The van der Waals surface area contributed by atoms with Crippen molar-refractivity contribution in [1.29, 1.82) is 0 Å². The quantitative estimate of drug-likeness (QED) is 0.417. The lowest BCUT2D eigenvalue weighted by Gasteiger charge is -2.25. The summed E-state index contributed by atoms with van der Waals surface area (Å²) in [4.78, 5) is 14.9. The van der Waals surface area contributed by atoms with Gasteiger partial charge >= 0.3 is 0 Å². The second-order valence-electron chi connectivity index (χ2n) is 8.06. The molecule has 0 spiro atoms. The lowest BCUT2D eigenvalue weighted by molar-refractivity contribution is 0.0941. The molecule has 0 heterocycles. The summed E-state index contributed by atoms with van der Waals surface area (Å²) in [6.45, 7) is 2.73. The second kappa shape index (κ2) is 11.7. The third-order valence-electron chi connectivity index (χ3n) is 5.38. The van der Waals surface area contributed by atoms with Crippen LogP contribution in [0.15, 0.2) is 77.7 Å². The van der Waals surface area contributed by atoms with Crippen molar-refractivity contribution in [1.82, 2.24) is 10.2 Å². The summed E-state index contributed by atoms with van der Waals surface area (Å²) in [5.41, 5.74) is 1.64. The Bertz CT molecular complexity index is 1240. The van der Waals surface area contributed by atoms with Crippen LogP contribution in [0.25, 0.3) is 0 Å². The number of amides is 1. The third-order valence-corrected chi connectivity index (χ3v) is 6.76. The first-order chi connectivity index (χ1) is 16.7. The molecule has 35 heavy (non-hydrogen) atoms. The maximum Gasteiger partial charge on any atom is 0.261 e. The number of nitrogens with zero attached hydrogens (tertiary/aromatic N) is 1. The highest BCUT2D eigenvalue weighted by molar-refractivity contribution is 7.92. The number of sulfonamides is 1. The summed E-state index contributed by atoms with van der Waals surface area (Å²) >= 11 is 0. The number of hydrogen-bond acceptors (Lipinski definition) is 6. The fourth-order valence-corrected chi connectivity index (χ4v) is 4.65. The van der Waals surface area contributed by atoms with Crippen LogP contribution in [0.4, 0.5) is 5.69 Å². The van der Waals surface area contributed by atoms with E-state index in [1.165, 1.54) is 12.1 Å². The van der Waals surface area contributed by atoms with E-state index in [0.29, 0.717) is 24.6 Å². The van der Waals surface area contributed by atoms with Gasteiger partial charge in [-0.3, -0.25) is 9.52 Å². The fourth-order valence-electron chi connectivity index (χ4n) is 3.54. The zero-order valence-corrected chi connectivity index (χ0v) is 21.1. The van der Waals surface area contributed by atoms with E-state index in [0.717, 1.165) is 11.3 Å².